The maximum atomic E-state index is 11.5. The van der Waals surface area contributed by atoms with Crippen molar-refractivity contribution in [3.63, 3.8) is 0 Å². The van der Waals surface area contributed by atoms with Gasteiger partial charge in [-0.2, -0.15) is 5.10 Å². The summed E-state index contributed by atoms with van der Waals surface area (Å²) >= 11 is 0. The van der Waals surface area contributed by atoms with Crippen LogP contribution in [0.3, 0.4) is 0 Å². The van der Waals surface area contributed by atoms with E-state index < -0.39 is 0 Å². The van der Waals surface area contributed by atoms with Crippen molar-refractivity contribution in [1.29, 1.82) is 0 Å². The molecule has 8 N–H and O–H groups in total. The summed E-state index contributed by atoms with van der Waals surface area (Å²) in [5.41, 5.74) is 7.92. The zero-order chi connectivity index (χ0) is 20.7. The van der Waals surface area contributed by atoms with E-state index in [1.165, 1.54) is 77.0 Å². The Hall–Kier alpha value is -1.34. The second-order valence-corrected chi connectivity index (χ2v) is 7.66. The van der Waals surface area contributed by atoms with Gasteiger partial charge in [0.1, 0.15) is 5.84 Å². The molecule has 0 saturated carbocycles. The lowest BCUT2D eigenvalue weighted by Gasteiger charge is -2.05. The van der Waals surface area contributed by atoms with Crippen LogP contribution in [-0.4, -0.2) is 24.8 Å². The van der Waals surface area contributed by atoms with E-state index >= 15 is 0 Å². The number of carbonyl (C=O) groups excluding carboxylic acids is 1. The summed E-state index contributed by atoms with van der Waals surface area (Å²) in [4.78, 5) is 11.5. The first-order valence-corrected chi connectivity index (χ1v) is 11.4. The largest absolute Gasteiger partial charge is 0.356 e. The van der Waals surface area contributed by atoms with Crippen molar-refractivity contribution in [2.24, 2.45) is 22.5 Å². The number of hydrogen-bond donors (Lipinski definition) is 5. The summed E-state index contributed by atoms with van der Waals surface area (Å²) in [7, 11) is 0. The minimum atomic E-state index is 0.176. The first-order chi connectivity index (χ1) is 13.7. The van der Waals surface area contributed by atoms with Crippen LogP contribution in [0.4, 0.5) is 0 Å². The summed E-state index contributed by atoms with van der Waals surface area (Å²) in [5.74, 6) is 11.4. The molecule has 0 aromatic heterocycles. The highest BCUT2D eigenvalue weighted by molar-refractivity contribution is 5.81. The molecule has 0 aliphatic rings. The molecule has 7 heteroatoms. The number of amidine groups is 1. The monoisotopic (exact) mass is 398 g/mol. The molecule has 0 radical (unpaired) electrons. The SMILES string of the molecule is NCCCNC(=O)CCCCCCCCCCCCCCCC/C(=N/N)NN. The van der Waals surface area contributed by atoms with E-state index in [2.05, 4.69) is 15.8 Å². The number of nitrogens with zero attached hydrogens (tertiary/aromatic N) is 1. The maximum absolute atomic E-state index is 11.5. The molecule has 0 saturated heterocycles. The Morgan fingerprint density at radius 2 is 1.11 bits per heavy atom. The molecule has 0 bridgehead atoms. The Kier molecular flexibility index (Phi) is 20.9. The Bertz CT molecular complexity index is 376. The minimum Gasteiger partial charge on any atom is -0.356 e. The van der Waals surface area contributed by atoms with Crippen molar-refractivity contribution in [2.45, 2.75) is 109 Å². The number of amides is 1. The average Bonchev–Trinajstić information content (AvgIpc) is 2.70. The molecule has 0 fully saturated rings. The molecule has 1 amide bonds. The summed E-state index contributed by atoms with van der Waals surface area (Å²) < 4.78 is 0. The topological polar surface area (TPSA) is 132 Å². The number of rotatable bonds is 20. The fraction of sp³-hybridized carbons (Fsp3) is 0.905. The van der Waals surface area contributed by atoms with E-state index in [1.807, 2.05) is 0 Å². The van der Waals surface area contributed by atoms with Gasteiger partial charge in [0.05, 0.1) is 0 Å². The van der Waals surface area contributed by atoms with Gasteiger partial charge in [-0.15, -0.1) is 0 Å². The van der Waals surface area contributed by atoms with Gasteiger partial charge in [0.15, 0.2) is 0 Å². The molecule has 28 heavy (non-hydrogen) atoms. The maximum Gasteiger partial charge on any atom is 0.219 e. The Morgan fingerprint density at radius 1 is 0.679 bits per heavy atom. The van der Waals surface area contributed by atoms with Gasteiger partial charge in [-0.05, 0) is 25.8 Å². The molecule has 166 valence electrons. The van der Waals surface area contributed by atoms with Crippen LogP contribution >= 0.6 is 0 Å². The summed E-state index contributed by atoms with van der Waals surface area (Å²) in [6.07, 6.45) is 20.2. The highest BCUT2D eigenvalue weighted by atomic mass is 16.1. The van der Waals surface area contributed by atoms with Crippen LogP contribution in [0.25, 0.3) is 0 Å². The number of nitrogens with two attached hydrogens (primary N) is 3. The molecule has 7 nitrogen and oxygen atoms in total. The van der Waals surface area contributed by atoms with Gasteiger partial charge < -0.3 is 22.3 Å². The van der Waals surface area contributed by atoms with Crippen molar-refractivity contribution < 1.29 is 4.79 Å². The number of hydrazone groups is 1. The predicted molar refractivity (Wildman–Crippen MR) is 119 cm³/mol. The lowest BCUT2D eigenvalue weighted by Crippen LogP contribution is -2.31. The second-order valence-electron chi connectivity index (χ2n) is 7.66. The standard InChI is InChI=1S/C21H46N6O/c22-18-15-19-25-21(28)17-14-12-10-8-6-4-2-1-3-5-7-9-11-13-16-20(26-23)27-24/h1-19,22-24H2,(H,25,28)(H,26,27). The normalized spacial score (nSPS) is 11.6. The molecule has 0 aliphatic carbocycles. The molecule has 0 aliphatic heterocycles. The number of hydrogen-bond acceptors (Lipinski definition) is 5. The third-order valence-corrected chi connectivity index (χ3v) is 5.09. The van der Waals surface area contributed by atoms with Gasteiger partial charge in [-0.25, -0.2) is 5.84 Å². The molecule has 0 aromatic carbocycles. The van der Waals surface area contributed by atoms with Gasteiger partial charge in [-0.1, -0.05) is 77.0 Å². The lowest BCUT2D eigenvalue weighted by atomic mass is 10.0. The van der Waals surface area contributed by atoms with Crippen molar-refractivity contribution in [3.8, 4) is 0 Å². The van der Waals surface area contributed by atoms with Gasteiger partial charge in [-0.3, -0.25) is 4.79 Å². The van der Waals surface area contributed by atoms with Gasteiger partial charge in [0.2, 0.25) is 5.91 Å². The van der Waals surface area contributed by atoms with E-state index in [-0.39, 0.29) is 5.91 Å². The van der Waals surface area contributed by atoms with Crippen LogP contribution in [-0.2, 0) is 4.79 Å². The van der Waals surface area contributed by atoms with Crippen LogP contribution < -0.4 is 28.2 Å². The number of carbonyl (C=O) groups is 1. The summed E-state index contributed by atoms with van der Waals surface area (Å²) in [6.45, 7) is 1.35. The van der Waals surface area contributed by atoms with Crippen LogP contribution in [0.1, 0.15) is 109 Å². The predicted octanol–water partition coefficient (Wildman–Crippen LogP) is 3.43. The minimum absolute atomic E-state index is 0.176. The third kappa shape index (κ3) is 19.4. The highest BCUT2D eigenvalue weighted by Crippen LogP contribution is 2.13. The van der Waals surface area contributed by atoms with Crippen molar-refractivity contribution in [3.05, 3.63) is 0 Å². The van der Waals surface area contributed by atoms with Crippen molar-refractivity contribution >= 4 is 11.7 Å². The Labute approximate surface area is 172 Å². The first kappa shape index (κ1) is 26.7. The molecule has 0 heterocycles. The van der Waals surface area contributed by atoms with E-state index in [0.717, 1.165) is 25.7 Å². The number of nitrogens with one attached hydrogen (secondary N) is 2. The number of unbranched alkanes of at least 4 members (excludes halogenated alkanes) is 13. The van der Waals surface area contributed by atoms with Crippen molar-refractivity contribution in [1.82, 2.24) is 10.7 Å². The molecule has 0 unspecified atom stereocenters. The van der Waals surface area contributed by atoms with Crippen LogP contribution in [0, 0.1) is 0 Å². The van der Waals surface area contributed by atoms with E-state index in [0.29, 0.717) is 25.3 Å². The Balaban J connectivity index is 3.15. The molecular weight excluding hydrogens is 352 g/mol. The van der Waals surface area contributed by atoms with Crippen LogP contribution in [0.2, 0.25) is 0 Å². The highest BCUT2D eigenvalue weighted by Gasteiger charge is 2.00. The zero-order valence-corrected chi connectivity index (χ0v) is 18.0. The quantitative estimate of drug-likeness (QED) is 0.0704. The smallest absolute Gasteiger partial charge is 0.219 e. The fourth-order valence-corrected chi connectivity index (χ4v) is 3.29. The average molecular weight is 399 g/mol. The molecule has 0 aromatic rings. The molecule has 0 spiro atoms. The van der Waals surface area contributed by atoms with Crippen molar-refractivity contribution in [2.75, 3.05) is 13.1 Å². The second kappa shape index (κ2) is 22.0. The fourth-order valence-electron chi connectivity index (χ4n) is 3.29. The summed E-state index contributed by atoms with van der Waals surface area (Å²) in [5, 5.41) is 6.50. The molecular formula is C21H46N6O. The zero-order valence-electron chi connectivity index (χ0n) is 18.0. The van der Waals surface area contributed by atoms with Crippen LogP contribution in [0.5, 0.6) is 0 Å². The molecule has 0 rings (SSSR count). The van der Waals surface area contributed by atoms with E-state index in [4.69, 9.17) is 17.4 Å². The van der Waals surface area contributed by atoms with E-state index in [1.54, 1.807) is 0 Å². The van der Waals surface area contributed by atoms with E-state index in [9.17, 15) is 4.79 Å². The summed E-state index contributed by atoms with van der Waals surface area (Å²) in [6, 6.07) is 0. The first-order valence-electron chi connectivity index (χ1n) is 11.4. The number of hydrazine groups is 1. The van der Waals surface area contributed by atoms with Gasteiger partial charge in [0.25, 0.3) is 0 Å². The van der Waals surface area contributed by atoms with Gasteiger partial charge >= 0.3 is 0 Å². The lowest BCUT2D eigenvalue weighted by molar-refractivity contribution is -0.121. The van der Waals surface area contributed by atoms with Gasteiger partial charge in [0, 0.05) is 19.4 Å². The Morgan fingerprint density at radius 3 is 1.50 bits per heavy atom. The molecule has 0 atom stereocenters. The third-order valence-electron chi connectivity index (χ3n) is 5.09. The van der Waals surface area contributed by atoms with Crippen LogP contribution in [0.15, 0.2) is 5.10 Å².